The number of carbonyl (C=O) groups is 1. The zero-order chi connectivity index (χ0) is 15.3. The number of amides is 1. The van der Waals surface area contributed by atoms with Crippen LogP contribution in [-0.4, -0.2) is 26.1 Å². The normalized spacial score (nSPS) is 11.7. The van der Waals surface area contributed by atoms with E-state index in [9.17, 15) is 13.2 Å². The van der Waals surface area contributed by atoms with E-state index in [2.05, 4.69) is 5.32 Å². The van der Waals surface area contributed by atoms with Crippen molar-refractivity contribution < 1.29 is 13.2 Å². The molecule has 0 aliphatic carbocycles. The quantitative estimate of drug-likeness (QED) is 0.875. The lowest BCUT2D eigenvalue weighted by Gasteiger charge is -2.10. The molecule has 0 heterocycles. The van der Waals surface area contributed by atoms with Crippen LogP contribution in [0.2, 0.25) is 0 Å². The topological polar surface area (TPSA) is 63.2 Å². The van der Waals surface area contributed by atoms with Crippen molar-refractivity contribution in [3.8, 4) is 0 Å². The lowest BCUT2D eigenvalue weighted by atomic mass is 10.1. The van der Waals surface area contributed by atoms with E-state index in [0.29, 0.717) is 0 Å². The molecule has 0 radical (unpaired) electrons. The number of hydrogen-bond acceptors (Lipinski definition) is 3. The van der Waals surface area contributed by atoms with Crippen LogP contribution in [0, 0.1) is 13.8 Å². The van der Waals surface area contributed by atoms with Crippen LogP contribution >= 0.6 is 0 Å². The summed E-state index contributed by atoms with van der Waals surface area (Å²) in [6.07, 6.45) is 0.0192. The molecule has 0 bridgehead atoms. The van der Waals surface area contributed by atoms with Gasteiger partial charge in [0.25, 0.3) is 0 Å². The molecule has 1 amide bonds. The number of rotatable bonds is 6. The Morgan fingerprint density at radius 2 is 1.90 bits per heavy atom. The molecule has 0 aromatic heterocycles. The lowest BCUT2D eigenvalue weighted by Crippen LogP contribution is -2.31. The van der Waals surface area contributed by atoms with E-state index < -0.39 is 9.84 Å². The summed E-state index contributed by atoms with van der Waals surface area (Å²) < 4.78 is 24.1. The van der Waals surface area contributed by atoms with Gasteiger partial charge in [-0.3, -0.25) is 4.79 Å². The third kappa shape index (κ3) is 5.74. The first-order valence-electron chi connectivity index (χ1n) is 6.75. The van der Waals surface area contributed by atoms with E-state index in [1.54, 1.807) is 0 Å². The summed E-state index contributed by atoms with van der Waals surface area (Å²) >= 11 is 0. The van der Waals surface area contributed by atoms with Crippen molar-refractivity contribution in [3.63, 3.8) is 0 Å². The molecular weight excluding hydrogens is 274 g/mol. The first kappa shape index (κ1) is 16.7. The molecule has 0 fully saturated rings. The molecule has 0 saturated carbocycles. The highest BCUT2D eigenvalue weighted by atomic mass is 32.2. The highest BCUT2D eigenvalue weighted by molar-refractivity contribution is 7.90. The molecule has 0 atom stereocenters. The standard InChI is InChI=1S/C15H23NO3S/c1-11(2)16-15(17)7-8-20(18,19)10-14-9-12(3)5-6-13(14)4/h5-6,9,11H,7-8,10H2,1-4H3,(H,16,17). The van der Waals surface area contributed by atoms with E-state index in [1.165, 1.54) is 0 Å². The lowest BCUT2D eigenvalue weighted by molar-refractivity contribution is -0.121. The summed E-state index contributed by atoms with van der Waals surface area (Å²) in [5, 5.41) is 2.70. The largest absolute Gasteiger partial charge is 0.354 e. The number of hydrogen-bond donors (Lipinski definition) is 1. The monoisotopic (exact) mass is 297 g/mol. The summed E-state index contributed by atoms with van der Waals surface area (Å²) in [5.41, 5.74) is 2.82. The van der Waals surface area contributed by atoms with Gasteiger partial charge in [-0.15, -0.1) is 0 Å². The first-order valence-corrected chi connectivity index (χ1v) is 8.57. The molecule has 112 valence electrons. The van der Waals surface area contributed by atoms with Crippen LogP contribution < -0.4 is 5.32 Å². The average molecular weight is 297 g/mol. The molecule has 0 saturated heterocycles. The van der Waals surface area contributed by atoms with E-state index in [0.717, 1.165) is 16.7 Å². The Labute approximate surface area is 121 Å². The number of aryl methyl sites for hydroxylation is 2. The van der Waals surface area contributed by atoms with Gasteiger partial charge in [0, 0.05) is 12.5 Å². The maximum Gasteiger partial charge on any atom is 0.221 e. The van der Waals surface area contributed by atoms with Crippen LogP contribution in [-0.2, 0) is 20.4 Å². The number of carbonyl (C=O) groups excluding carboxylic acids is 1. The van der Waals surface area contributed by atoms with Crippen LogP contribution in [0.5, 0.6) is 0 Å². The molecule has 0 unspecified atom stereocenters. The van der Waals surface area contributed by atoms with Gasteiger partial charge >= 0.3 is 0 Å². The van der Waals surface area contributed by atoms with Gasteiger partial charge in [-0.1, -0.05) is 23.8 Å². The van der Waals surface area contributed by atoms with Crippen LogP contribution in [0.25, 0.3) is 0 Å². The fourth-order valence-corrected chi connectivity index (χ4v) is 3.33. The highest BCUT2D eigenvalue weighted by Gasteiger charge is 2.16. The zero-order valence-corrected chi connectivity index (χ0v) is 13.4. The molecule has 0 aliphatic rings. The van der Waals surface area contributed by atoms with Crippen molar-refractivity contribution in [1.29, 1.82) is 0 Å². The fraction of sp³-hybridized carbons (Fsp3) is 0.533. The second kappa shape index (κ2) is 6.88. The molecule has 1 N–H and O–H groups in total. The molecule has 1 aromatic rings. The Bertz CT molecular complexity index is 577. The Morgan fingerprint density at radius 1 is 1.25 bits per heavy atom. The summed E-state index contributed by atoms with van der Waals surface area (Å²) in [6, 6.07) is 5.80. The molecular formula is C15H23NO3S. The third-order valence-electron chi connectivity index (χ3n) is 2.97. The zero-order valence-electron chi connectivity index (χ0n) is 12.6. The SMILES string of the molecule is Cc1ccc(C)c(CS(=O)(=O)CCC(=O)NC(C)C)c1. The van der Waals surface area contributed by atoms with E-state index in [1.807, 2.05) is 45.9 Å². The summed E-state index contributed by atoms with van der Waals surface area (Å²) in [7, 11) is -3.27. The van der Waals surface area contributed by atoms with Crippen LogP contribution in [0.3, 0.4) is 0 Å². The van der Waals surface area contributed by atoms with Gasteiger partial charge in [0.2, 0.25) is 5.91 Å². The second-order valence-electron chi connectivity index (χ2n) is 5.49. The number of sulfone groups is 1. The Hall–Kier alpha value is -1.36. The minimum atomic E-state index is -3.27. The smallest absolute Gasteiger partial charge is 0.221 e. The molecule has 1 aromatic carbocycles. The van der Waals surface area contributed by atoms with Gasteiger partial charge in [-0.05, 0) is 38.8 Å². The summed E-state index contributed by atoms with van der Waals surface area (Å²) in [5.74, 6) is -0.335. The van der Waals surface area contributed by atoms with Crippen LogP contribution in [0.1, 0.15) is 37.0 Å². The molecule has 0 aliphatic heterocycles. The Morgan fingerprint density at radius 3 is 2.50 bits per heavy atom. The van der Waals surface area contributed by atoms with Gasteiger partial charge in [-0.2, -0.15) is 0 Å². The molecule has 0 spiro atoms. The van der Waals surface area contributed by atoms with Crippen molar-refractivity contribution in [2.24, 2.45) is 0 Å². The van der Waals surface area contributed by atoms with Crippen molar-refractivity contribution >= 4 is 15.7 Å². The van der Waals surface area contributed by atoms with Gasteiger partial charge in [0.1, 0.15) is 0 Å². The predicted octanol–water partition coefficient (Wildman–Crippen LogP) is 2.13. The second-order valence-corrected chi connectivity index (χ2v) is 7.68. The van der Waals surface area contributed by atoms with Crippen molar-refractivity contribution in [1.82, 2.24) is 5.32 Å². The van der Waals surface area contributed by atoms with E-state index in [-0.39, 0.29) is 29.9 Å². The maximum atomic E-state index is 12.1. The maximum absolute atomic E-state index is 12.1. The highest BCUT2D eigenvalue weighted by Crippen LogP contribution is 2.15. The molecule has 4 nitrogen and oxygen atoms in total. The van der Waals surface area contributed by atoms with Crippen molar-refractivity contribution in [2.45, 2.75) is 45.9 Å². The molecule has 5 heteroatoms. The minimum absolute atomic E-state index is 0.00449. The predicted molar refractivity (Wildman–Crippen MR) is 81.3 cm³/mol. The Balaban J connectivity index is 2.66. The Kier molecular flexibility index (Phi) is 5.74. The van der Waals surface area contributed by atoms with Gasteiger partial charge in [0.15, 0.2) is 9.84 Å². The first-order chi connectivity index (χ1) is 9.19. The van der Waals surface area contributed by atoms with Crippen molar-refractivity contribution in [2.75, 3.05) is 5.75 Å². The van der Waals surface area contributed by atoms with Crippen LogP contribution in [0.4, 0.5) is 0 Å². The van der Waals surface area contributed by atoms with Crippen LogP contribution in [0.15, 0.2) is 18.2 Å². The number of benzene rings is 1. The van der Waals surface area contributed by atoms with E-state index >= 15 is 0 Å². The van der Waals surface area contributed by atoms with Gasteiger partial charge < -0.3 is 5.32 Å². The average Bonchev–Trinajstić information content (AvgIpc) is 2.30. The summed E-state index contributed by atoms with van der Waals surface area (Å²) in [4.78, 5) is 11.5. The van der Waals surface area contributed by atoms with Gasteiger partial charge in [0.05, 0.1) is 11.5 Å². The van der Waals surface area contributed by atoms with E-state index in [4.69, 9.17) is 0 Å². The number of nitrogens with one attached hydrogen (secondary N) is 1. The fourth-order valence-electron chi connectivity index (χ4n) is 1.91. The third-order valence-corrected chi connectivity index (χ3v) is 4.55. The molecule has 20 heavy (non-hydrogen) atoms. The van der Waals surface area contributed by atoms with Gasteiger partial charge in [-0.25, -0.2) is 8.42 Å². The summed E-state index contributed by atoms with van der Waals surface area (Å²) in [6.45, 7) is 7.53. The minimum Gasteiger partial charge on any atom is -0.354 e. The van der Waals surface area contributed by atoms with Crippen molar-refractivity contribution in [3.05, 3.63) is 34.9 Å². The molecule has 1 rings (SSSR count).